The van der Waals surface area contributed by atoms with Gasteiger partial charge in [0.25, 0.3) is 0 Å². The Hall–Kier alpha value is -1.34. The van der Waals surface area contributed by atoms with Crippen LogP contribution in [0.15, 0.2) is 22.7 Å². The normalized spacial score (nSPS) is 11.7. The fourth-order valence-corrected chi connectivity index (χ4v) is 2.10. The van der Waals surface area contributed by atoms with Crippen molar-refractivity contribution in [2.45, 2.75) is 26.7 Å². The van der Waals surface area contributed by atoms with Crippen LogP contribution in [0.25, 0.3) is 0 Å². The molecule has 0 fully saturated rings. The summed E-state index contributed by atoms with van der Waals surface area (Å²) in [6, 6.07) is 8.11. The van der Waals surface area contributed by atoms with Crippen LogP contribution in [0.4, 0.5) is 0 Å². The molecule has 18 heavy (non-hydrogen) atoms. The second-order valence-electron chi connectivity index (χ2n) is 4.20. The Kier molecular flexibility index (Phi) is 5.87. The molecule has 4 heteroatoms. The molecular weight excluding hydrogens is 292 g/mol. The van der Waals surface area contributed by atoms with Gasteiger partial charge in [0.1, 0.15) is 5.92 Å². The fourth-order valence-electron chi connectivity index (χ4n) is 1.69. The Morgan fingerprint density at radius 3 is 2.89 bits per heavy atom. The van der Waals surface area contributed by atoms with Gasteiger partial charge in [0, 0.05) is 11.0 Å². The van der Waals surface area contributed by atoms with Crippen LogP contribution in [-0.4, -0.2) is 12.5 Å². The number of carbonyl (C=O) groups excluding carboxylic acids is 1. The Morgan fingerprint density at radius 1 is 1.56 bits per heavy atom. The zero-order chi connectivity index (χ0) is 13.5. The maximum atomic E-state index is 11.6. The fraction of sp³-hybridized carbons (Fsp3) is 0.429. The second-order valence-corrected chi connectivity index (χ2v) is 5.12. The molecule has 1 aromatic carbocycles. The molecule has 3 nitrogen and oxygen atoms in total. The minimum Gasteiger partial charge on any atom is -0.355 e. The molecule has 0 bridgehead atoms. The number of amides is 1. The van der Waals surface area contributed by atoms with E-state index in [-0.39, 0.29) is 5.91 Å². The first kappa shape index (κ1) is 14.7. The maximum Gasteiger partial charge on any atom is 0.237 e. The average Bonchev–Trinajstić information content (AvgIpc) is 2.35. The van der Waals surface area contributed by atoms with E-state index >= 15 is 0 Å². The van der Waals surface area contributed by atoms with E-state index in [1.165, 1.54) is 11.1 Å². The molecule has 1 aromatic rings. The van der Waals surface area contributed by atoms with E-state index in [9.17, 15) is 4.79 Å². The summed E-state index contributed by atoms with van der Waals surface area (Å²) in [5.41, 5.74) is 2.41. The van der Waals surface area contributed by atoms with Crippen LogP contribution in [-0.2, 0) is 11.2 Å². The molecule has 1 unspecified atom stereocenters. The average molecular weight is 309 g/mol. The van der Waals surface area contributed by atoms with Gasteiger partial charge in [0.15, 0.2) is 0 Å². The molecule has 0 aliphatic heterocycles. The minimum absolute atomic E-state index is 0.173. The quantitative estimate of drug-likeness (QED) is 0.909. The zero-order valence-electron chi connectivity index (χ0n) is 10.7. The molecule has 1 amide bonds. The molecule has 0 aliphatic carbocycles. The summed E-state index contributed by atoms with van der Waals surface area (Å²) in [6.45, 7) is 4.45. The molecule has 1 N–H and O–H groups in total. The number of nitrogens with one attached hydrogen (secondary N) is 1. The van der Waals surface area contributed by atoms with Crippen molar-refractivity contribution >= 4 is 21.8 Å². The molecule has 0 saturated heterocycles. The van der Waals surface area contributed by atoms with Gasteiger partial charge in [-0.15, -0.1) is 0 Å². The van der Waals surface area contributed by atoms with Crippen molar-refractivity contribution in [3.05, 3.63) is 33.8 Å². The van der Waals surface area contributed by atoms with Crippen molar-refractivity contribution in [2.75, 3.05) is 6.54 Å². The predicted octanol–water partition coefficient (Wildman–Crippen LogP) is 2.97. The number of hydrogen-bond donors (Lipinski definition) is 1. The van der Waals surface area contributed by atoms with E-state index in [2.05, 4.69) is 27.3 Å². The van der Waals surface area contributed by atoms with Gasteiger partial charge in [-0.3, -0.25) is 4.79 Å². The van der Waals surface area contributed by atoms with Crippen LogP contribution in [0.2, 0.25) is 0 Å². The number of carbonyl (C=O) groups is 1. The van der Waals surface area contributed by atoms with Gasteiger partial charge in [0.05, 0.1) is 6.07 Å². The number of halogens is 1. The van der Waals surface area contributed by atoms with Gasteiger partial charge < -0.3 is 5.32 Å². The first-order valence-electron chi connectivity index (χ1n) is 6.00. The third-order valence-electron chi connectivity index (χ3n) is 2.89. The number of aryl methyl sites for hydroxylation is 1. The first-order valence-corrected chi connectivity index (χ1v) is 6.80. The van der Waals surface area contributed by atoms with Crippen molar-refractivity contribution < 1.29 is 4.79 Å². The van der Waals surface area contributed by atoms with Crippen molar-refractivity contribution in [3.63, 3.8) is 0 Å². The lowest BCUT2D eigenvalue weighted by Gasteiger charge is -2.10. The highest BCUT2D eigenvalue weighted by Gasteiger charge is 2.14. The van der Waals surface area contributed by atoms with Gasteiger partial charge in [-0.1, -0.05) is 28.9 Å². The molecular formula is C14H17BrN2O. The van der Waals surface area contributed by atoms with Crippen LogP contribution >= 0.6 is 15.9 Å². The van der Waals surface area contributed by atoms with E-state index in [1.54, 1.807) is 0 Å². The van der Waals surface area contributed by atoms with Gasteiger partial charge >= 0.3 is 0 Å². The highest BCUT2D eigenvalue weighted by molar-refractivity contribution is 9.10. The maximum absolute atomic E-state index is 11.6. The minimum atomic E-state index is -0.534. The Labute approximate surface area is 116 Å². The highest BCUT2D eigenvalue weighted by Crippen LogP contribution is 2.16. The largest absolute Gasteiger partial charge is 0.355 e. The summed E-state index contributed by atoms with van der Waals surface area (Å²) < 4.78 is 1.04. The number of nitriles is 1. The SMILES string of the molecule is CCC(C#N)C(=O)NCCc1cc(Br)ccc1C. The van der Waals surface area contributed by atoms with Crippen molar-refractivity contribution in [1.29, 1.82) is 5.26 Å². The molecule has 96 valence electrons. The van der Waals surface area contributed by atoms with Crippen molar-refractivity contribution in [2.24, 2.45) is 5.92 Å². The molecule has 1 rings (SSSR count). The standard InChI is InChI=1S/C14H17BrN2O/c1-3-11(9-16)14(18)17-7-6-12-8-13(15)5-4-10(12)2/h4-5,8,11H,3,6-7H2,1-2H3,(H,17,18). The molecule has 0 saturated carbocycles. The predicted molar refractivity (Wildman–Crippen MR) is 75.0 cm³/mol. The van der Waals surface area contributed by atoms with Crippen LogP contribution in [0.3, 0.4) is 0 Å². The molecule has 0 radical (unpaired) electrons. The summed E-state index contributed by atoms with van der Waals surface area (Å²) in [5.74, 6) is -0.707. The second kappa shape index (κ2) is 7.17. The summed E-state index contributed by atoms with van der Waals surface area (Å²) in [4.78, 5) is 11.6. The van der Waals surface area contributed by atoms with Crippen molar-refractivity contribution in [1.82, 2.24) is 5.32 Å². The van der Waals surface area contributed by atoms with Crippen LogP contribution in [0, 0.1) is 24.2 Å². The third kappa shape index (κ3) is 4.15. The van der Waals surface area contributed by atoms with Crippen LogP contribution in [0.1, 0.15) is 24.5 Å². The molecule has 0 aromatic heterocycles. The van der Waals surface area contributed by atoms with E-state index in [0.717, 1.165) is 10.9 Å². The molecule has 1 atom stereocenters. The lowest BCUT2D eigenvalue weighted by molar-refractivity contribution is -0.123. The summed E-state index contributed by atoms with van der Waals surface area (Å²) >= 11 is 3.43. The Morgan fingerprint density at radius 2 is 2.28 bits per heavy atom. The number of rotatable bonds is 5. The first-order chi connectivity index (χ1) is 8.58. The van der Waals surface area contributed by atoms with Crippen LogP contribution in [0.5, 0.6) is 0 Å². The number of nitrogens with zero attached hydrogens (tertiary/aromatic N) is 1. The lowest BCUT2D eigenvalue weighted by Crippen LogP contribution is -2.31. The van der Waals surface area contributed by atoms with Gasteiger partial charge in [-0.2, -0.15) is 5.26 Å². The molecule has 0 spiro atoms. The lowest BCUT2D eigenvalue weighted by atomic mass is 10.1. The van der Waals surface area contributed by atoms with Crippen molar-refractivity contribution in [3.8, 4) is 6.07 Å². The highest BCUT2D eigenvalue weighted by atomic mass is 79.9. The Bertz CT molecular complexity index is 465. The summed E-state index contributed by atoms with van der Waals surface area (Å²) in [5, 5.41) is 11.6. The topological polar surface area (TPSA) is 52.9 Å². The Balaban J connectivity index is 2.49. The summed E-state index contributed by atoms with van der Waals surface area (Å²) in [7, 11) is 0. The van der Waals surface area contributed by atoms with E-state index in [0.29, 0.717) is 13.0 Å². The van der Waals surface area contributed by atoms with E-state index in [4.69, 9.17) is 5.26 Å². The van der Waals surface area contributed by atoms with Crippen LogP contribution < -0.4 is 5.32 Å². The third-order valence-corrected chi connectivity index (χ3v) is 3.38. The van der Waals surface area contributed by atoms with Gasteiger partial charge in [0.2, 0.25) is 5.91 Å². The van der Waals surface area contributed by atoms with Gasteiger partial charge in [-0.25, -0.2) is 0 Å². The monoisotopic (exact) mass is 308 g/mol. The summed E-state index contributed by atoms with van der Waals surface area (Å²) in [6.07, 6.45) is 1.33. The molecule has 0 heterocycles. The smallest absolute Gasteiger partial charge is 0.237 e. The van der Waals surface area contributed by atoms with E-state index in [1.807, 2.05) is 32.0 Å². The zero-order valence-corrected chi connectivity index (χ0v) is 12.3. The van der Waals surface area contributed by atoms with Gasteiger partial charge in [-0.05, 0) is 43.0 Å². The number of benzene rings is 1. The number of hydrogen-bond acceptors (Lipinski definition) is 2. The van der Waals surface area contributed by atoms with E-state index < -0.39 is 5.92 Å². The molecule has 0 aliphatic rings.